The van der Waals surface area contributed by atoms with Gasteiger partial charge in [-0.1, -0.05) is 42.3 Å². The summed E-state index contributed by atoms with van der Waals surface area (Å²) in [7, 11) is 0. The number of halogens is 4. The van der Waals surface area contributed by atoms with Crippen LogP contribution in [-0.2, 0) is 6.18 Å². The lowest BCUT2D eigenvalue weighted by Crippen LogP contribution is -2.19. The highest BCUT2D eigenvalue weighted by Crippen LogP contribution is 2.32. The van der Waals surface area contributed by atoms with Crippen molar-refractivity contribution in [3.63, 3.8) is 0 Å². The van der Waals surface area contributed by atoms with E-state index < -0.39 is 11.7 Å². The number of pyridine rings is 1. The van der Waals surface area contributed by atoms with E-state index in [0.717, 1.165) is 25.1 Å². The second kappa shape index (κ2) is 5.87. The Morgan fingerprint density at radius 2 is 2.20 bits per heavy atom. The van der Waals surface area contributed by atoms with Crippen LogP contribution in [0.5, 0.6) is 0 Å². The molecule has 0 spiro atoms. The van der Waals surface area contributed by atoms with Gasteiger partial charge in [0.15, 0.2) is 0 Å². The number of allylic oxidation sites excluding steroid dienone is 2. The zero-order valence-electron chi connectivity index (χ0n) is 10.8. The zero-order chi connectivity index (χ0) is 14.8. The van der Waals surface area contributed by atoms with Crippen LogP contribution in [0.4, 0.5) is 19.0 Å². The molecule has 0 aliphatic heterocycles. The summed E-state index contributed by atoms with van der Waals surface area (Å²) in [6, 6.07) is 0.878. The fourth-order valence-electron chi connectivity index (χ4n) is 1.91. The fraction of sp³-hybridized carbons (Fsp3) is 0.357. The van der Waals surface area contributed by atoms with Crippen molar-refractivity contribution in [2.75, 3.05) is 5.32 Å². The van der Waals surface area contributed by atoms with Crippen molar-refractivity contribution in [1.82, 2.24) is 4.98 Å². The van der Waals surface area contributed by atoms with Gasteiger partial charge in [-0.25, -0.2) is 4.98 Å². The molecule has 1 aliphatic rings. The normalized spacial score (nSPS) is 18.9. The summed E-state index contributed by atoms with van der Waals surface area (Å²) in [6.07, 6.45) is 4.14. The molecule has 1 heterocycles. The first-order chi connectivity index (χ1) is 9.40. The predicted octanol–water partition coefficient (Wildman–Crippen LogP) is 4.83. The van der Waals surface area contributed by atoms with Crippen LogP contribution in [0.1, 0.15) is 25.3 Å². The van der Waals surface area contributed by atoms with E-state index >= 15 is 0 Å². The monoisotopic (exact) mass is 302 g/mol. The molecule has 0 saturated heterocycles. The molecule has 20 heavy (non-hydrogen) atoms. The highest BCUT2D eigenvalue weighted by Gasteiger charge is 2.31. The van der Waals surface area contributed by atoms with Gasteiger partial charge < -0.3 is 5.32 Å². The van der Waals surface area contributed by atoms with Crippen LogP contribution in [0, 0.1) is 0 Å². The molecule has 1 N–H and O–H groups in total. The number of aromatic nitrogens is 1. The molecule has 1 unspecified atom stereocenters. The van der Waals surface area contributed by atoms with Gasteiger partial charge in [0.25, 0.3) is 0 Å². The first-order valence-electron chi connectivity index (χ1n) is 6.26. The average molecular weight is 303 g/mol. The molecular weight excluding hydrogens is 289 g/mol. The van der Waals surface area contributed by atoms with Crippen molar-refractivity contribution in [2.45, 2.75) is 32.0 Å². The van der Waals surface area contributed by atoms with Crippen LogP contribution >= 0.6 is 11.6 Å². The summed E-state index contributed by atoms with van der Waals surface area (Å²) in [5.74, 6) is 0.266. The predicted molar refractivity (Wildman–Crippen MR) is 73.8 cm³/mol. The van der Waals surface area contributed by atoms with Gasteiger partial charge in [0.1, 0.15) is 5.82 Å². The van der Waals surface area contributed by atoms with E-state index in [-0.39, 0.29) is 16.9 Å². The van der Waals surface area contributed by atoms with Gasteiger partial charge in [-0.3, -0.25) is 0 Å². The maximum absolute atomic E-state index is 12.5. The Balaban J connectivity index is 2.08. The first-order valence-corrected chi connectivity index (χ1v) is 6.64. The number of alkyl halides is 3. The summed E-state index contributed by atoms with van der Waals surface area (Å²) in [4.78, 5) is 3.76. The van der Waals surface area contributed by atoms with E-state index in [0.29, 0.717) is 0 Å². The van der Waals surface area contributed by atoms with Gasteiger partial charge >= 0.3 is 6.18 Å². The van der Waals surface area contributed by atoms with Gasteiger partial charge in [-0.2, -0.15) is 13.2 Å². The summed E-state index contributed by atoms with van der Waals surface area (Å²) in [5.41, 5.74) is 0.398. The smallest absolute Gasteiger partial charge is 0.362 e. The molecule has 1 aromatic heterocycles. The SMILES string of the molecule is CCC1=CCC(Nc2ncc(C(F)(F)F)cc2Cl)C=C1. The van der Waals surface area contributed by atoms with E-state index in [1.807, 2.05) is 12.2 Å². The molecule has 2 rings (SSSR count). The molecule has 1 atom stereocenters. The number of rotatable bonds is 3. The molecule has 2 nitrogen and oxygen atoms in total. The third kappa shape index (κ3) is 3.54. The maximum atomic E-state index is 12.5. The molecule has 0 bridgehead atoms. The van der Waals surface area contributed by atoms with E-state index in [1.54, 1.807) is 0 Å². The molecule has 0 aromatic carbocycles. The molecule has 1 aromatic rings. The van der Waals surface area contributed by atoms with Crippen molar-refractivity contribution in [3.8, 4) is 0 Å². The van der Waals surface area contributed by atoms with E-state index in [2.05, 4.69) is 23.3 Å². The molecule has 0 radical (unpaired) electrons. The van der Waals surface area contributed by atoms with Crippen LogP contribution in [0.15, 0.2) is 36.1 Å². The average Bonchev–Trinajstić information content (AvgIpc) is 2.41. The molecule has 0 saturated carbocycles. The summed E-state index contributed by atoms with van der Waals surface area (Å²) >= 11 is 5.85. The minimum atomic E-state index is -4.43. The Bertz CT molecular complexity index is 550. The third-order valence-corrected chi connectivity index (χ3v) is 3.36. The van der Waals surface area contributed by atoms with Crippen molar-refractivity contribution in [3.05, 3.63) is 46.7 Å². The Morgan fingerprint density at radius 3 is 2.70 bits per heavy atom. The summed E-state index contributed by atoms with van der Waals surface area (Å²) < 4.78 is 37.5. The highest BCUT2D eigenvalue weighted by molar-refractivity contribution is 6.33. The van der Waals surface area contributed by atoms with E-state index in [9.17, 15) is 13.2 Å². The zero-order valence-corrected chi connectivity index (χ0v) is 11.6. The Kier molecular flexibility index (Phi) is 4.38. The van der Waals surface area contributed by atoms with Gasteiger partial charge in [0.2, 0.25) is 0 Å². The van der Waals surface area contributed by atoms with Gasteiger partial charge in [-0.05, 0) is 18.9 Å². The molecule has 0 amide bonds. The van der Waals surface area contributed by atoms with Crippen molar-refractivity contribution in [1.29, 1.82) is 0 Å². The number of nitrogens with one attached hydrogen (secondary N) is 1. The standard InChI is InChI=1S/C14H14ClF3N2/c1-2-9-3-5-11(6-4-9)20-13-12(15)7-10(8-19-13)14(16,17)18/h3-5,7-8,11H,2,6H2,1H3,(H,19,20). The number of hydrogen-bond acceptors (Lipinski definition) is 2. The topological polar surface area (TPSA) is 24.9 Å². The fourth-order valence-corrected chi connectivity index (χ4v) is 2.13. The first kappa shape index (κ1) is 14.9. The summed E-state index contributed by atoms with van der Waals surface area (Å²) in [5, 5.41) is 3.00. The Labute approximate surface area is 120 Å². The number of hydrogen-bond donors (Lipinski definition) is 1. The van der Waals surface area contributed by atoms with Gasteiger partial charge in [0.05, 0.1) is 10.6 Å². The molecule has 1 aliphatic carbocycles. The Hall–Kier alpha value is -1.49. The third-order valence-electron chi connectivity index (χ3n) is 3.08. The van der Waals surface area contributed by atoms with Crippen molar-refractivity contribution in [2.24, 2.45) is 0 Å². The molecular formula is C14H14ClF3N2. The lowest BCUT2D eigenvalue weighted by atomic mass is 10.0. The van der Waals surface area contributed by atoms with Crippen molar-refractivity contribution >= 4 is 17.4 Å². The quantitative estimate of drug-likeness (QED) is 0.865. The summed E-state index contributed by atoms with van der Waals surface area (Å²) in [6.45, 7) is 2.07. The minimum absolute atomic E-state index is 0.00737. The van der Waals surface area contributed by atoms with Crippen LogP contribution in [0.2, 0.25) is 5.02 Å². The van der Waals surface area contributed by atoms with Gasteiger partial charge in [0, 0.05) is 12.2 Å². The largest absolute Gasteiger partial charge is 0.417 e. The van der Waals surface area contributed by atoms with Crippen LogP contribution < -0.4 is 5.32 Å². The van der Waals surface area contributed by atoms with E-state index in [4.69, 9.17) is 11.6 Å². The maximum Gasteiger partial charge on any atom is 0.417 e. The van der Waals surface area contributed by atoms with Crippen LogP contribution in [-0.4, -0.2) is 11.0 Å². The molecule has 108 valence electrons. The second-order valence-corrected chi connectivity index (χ2v) is 4.94. The lowest BCUT2D eigenvalue weighted by Gasteiger charge is -2.19. The lowest BCUT2D eigenvalue weighted by molar-refractivity contribution is -0.137. The van der Waals surface area contributed by atoms with Gasteiger partial charge in [-0.15, -0.1) is 0 Å². The number of anilines is 1. The van der Waals surface area contributed by atoms with E-state index in [1.165, 1.54) is 5.57 Å². The van der Waals surface area contributed by atoms with Crippen LogP contribution in [0.3, 0.4) is 0 Å². The molecule has 0 fully saturated rings. The van der Waals surface area contributed by atoms with Crippen LogP contribution in [0.25, 0.3) is 0 Å². The highest BCUT2D eigenvalue weighted by atomic mass is 35.5. The Morgan fingerprint density at radius 1 is 1.45 bits per heavy atom. The second-order valence-electron chi connectivity index (χ2n) is 4.53. The minimum Gasteiger partial charge on any atom is -0.362 e. The number of nitrogens with zero attached hydrogens (tertiary/aromatic N) is 1. The molecule has 6 heteroatoms. The van der Waals surface area contributed by atoms with Crippen molar-refractivity contribution < 1.29 is 13.2 Å².